The van der Waals surface area contributed by atoms with Crippen molar-refractivity contribution in [2.75, 3.05) is 6.54 Å². The highest BCUT2D eigenvalue weighted by Crippen LogP contribution is 2.39. The van der Waals surface area contributed by atoms with E-state index in [4.69, 9.17) is 5.10 Å². The van der Waals surface area contributed by atoms with E-state index in [1.807, 2.05) is 71.4 Å². The Bertz CT molecular complexity index is 1090. The first-order valence-electron chi connectivity index (χ1n) is 9.64. The van der Waals surface area contributed by atoms with Crippen LogP contribution < -0.4 is 5.32 Å². The van der Waals surface area contributed by atoms with Crippen molar-refractivity contribution < 1.29 is 4.79 Å². The van der Waals surface area contributed by atoms with Gasteiger partial charge in [-0.1, -0.05) is 24.3 Å². The van der Waals surface area contributed by atoms with E-state index >= 15 is 0 Å². The second-order valence-corrected chi connectivity index (χ2v) is 7.18. The maximum Gasteiger partial charge on any atom is 0.270 e. The van der Waals surface area contributed by atoms with E-state index in [2.05, 4.69) is 10.3 Å². The number of para-hydroxylation sites is 1. The Balaban J connectivity index is 1.32. The molecule has 0 aliphatic heterocycles. The second-order valence-electron chi connectivity index (χ2n) is 7.18. The minimum absolute atomic E-state index is 0.105. The number of carbonyl (C=O) groups is 1. The van der Waals surface area contributed by atoms with Crippen molar-refractivity contribution in [1.29, 1.82) is 0 Å². The molecule has 140 valence electrons. The Kier molecular flexibility index (Phi) is 4.16. The molecule has 5 rings (SSSR count). The summed E-state index contributed by atoms with van der Waals surface area (Å²) in [5.74, 6) is 0.390. The van der Waals surface area contributed by atoms with E-state index in [1.165, 1.54) is 0 Å². The van der Waals surface area contributed by atoms with Crippen molar-refractivity contribution in [3.63, 3.8) is 0 Å². The predicted octanol–water partition coefficient (Wildman–Crippen LogP) is 3.37. The lowest BCUT2D eigenvalue weighted by atomic mass is 10.2. The van der Waals surface area contributed by atoms with Gasteiger partial charge in [-0.3, -0.25) is 4.79 Å². The smallest absolute Gasteiger partial charge is 0.270 e. The van der Waals surface area contributed by atoms with Crippen LogP contribution in [0.25, 0.3) is 11.3 Å². The summed E-state index contributed by atoms with van der Waals surface area (Å²) in [6.45, 7) is 0.529. The first-order chi connectivity index (χ1) is 13.8. The van der Waals surface area contributed by atoms with Gasteiger partial charge in [0.05, 0.1) is 17.1 Å². The number of pyridine rings is 1. The molecule has 0 spiro atoms. The molecular formula is C22H21N5O. The minimum atomic E-state index is -0.105. The van der Waals surface area contributed by atoms with E-state index < -0.39 is 0 Å². The molecule has 1 N–H and O–H groups in total. The molecule has 6 nitrogen and oxygen atoms in total. The summed E-state index contributed by atoms with van der Waals surface area (Å²) >= 11 is 0. The Morgan fingerprint density at radius 1 is 1.11 bits per heavy atom. The Morgan fingerprint density at radius 2 is 1.93 bits per heavy atom. The van der Waals surface area contributed by atoms with Crippen LogP contribution in [0.1, 0.15) is 40.6 Å². The summed E-state index contributed by atoms with van der Waals surface area (Å²) in [6.07, 6.45) is 6.97. The van der Waals surface area contributed by atoms with Gasteiger partial charge in [-0.05, 0) is 43.2 Å². The molecule has 3 heterocycles. The molecule has 1 aliphatic rings. The Labute approximate surface area is 162 Å². The number of nitrogens with one attached hydrogen (secondary N) is 1. The summed E-state index contributed by atoms with van der Waals surface area (Å²) in [5.41, 5.74) is 4.37. The monoisotopic (exact) mass is 371 g/mol. The molecule has 1 aliphatic carbocycles. The maximum atomic E-state index is 12.9. The second kappa shape index (κ2) is 6.96. The third-order valence-corrected chi connectivity index (χ3v) is 5.04. The topological polar surface area (TPSA) is 64.2 Å². The third kappa shape index (κ3) is 3.29. The van der Waals surface area contributed by atoms with Crippen LogP contribution in [0, 0.1) is 0 Å². The summed E-state index contributed by atoms with van der Waals surface area (Å²) in [5, 5.41) is 7.72. The average molecular weight is 371 g/mol. The van der Waals surface area contributed by atoms with Crippen LogP contribution in [0.15, 0.2) is 67.0 Å². The highest BCUT2D eigenvalue weighted by molar-refractivity contribution is 5.93. The first-order valence-corrected chi connectivity index (χ1v) is 9.64. The van der Waals surface area contributed by atoms with Gasteiger partial charge in [-0.15, -0.1) is 0 Å². The standard InChI is InChI=1S/C22H21N5O/c28-22(23-12-11-17-15-26-13-5-4-8-21(26)24-17)20-14-19(16-9-10-16)25-27(20)18-6-2-1-3-7-18/h1-8,13-16H,9-12H2,(H,23,28). The van der Waals surface area contributed by atoms with Gasteiger partial charge >= 0.3 is 0 Å². The van der Waals surface area contributed by atoms with Crippen LogP contribution in [0.5, 0.6) is 0 Å². The normalized spacial score (nSPS) is 13.7. The van der Waals surface area contributed by atoms with E-state index in [-0.39, 0.29) is 5.91 Å². The van der Waals surface area contributed by atoms with Crippen molar-refractivity contribution in [1.82, 2.24) is 24.5 Å². The van der Waals surface area contributed by atoms with Gasteiger partial charge in [0.2, 0.25) is 0 Å². The number of carbonyl (C=O) groups excluding carboxylic acids is 1. The van der Waals surface area contributed by atoms with Crippen LogP contribution in [0.2, 0.25) is 0 Å². The molecule has 1 fully saturated rings. The molecule has 1 saturated carbocycles. The van der Waals surface area contributed by atoms with Crippen LogP contribution >= 0.6 is 0 Å². The lowest BCUT2D eigenvalue weighted by Gasteiger charge is -2.07. The number of aromatic nitrogens is 4. The SMILES string of the molecule is O=C(NCCc1cn2ccccc2n1)c1cc(C2CC2)nn1-c1ccccc1. The number of hydrogen-bond acceptors (Lipinski definition) is 3. The first kappa shape index (κ1) is 16.7. The van der Waals surface area contributed by atoms with Gasteiger partial charge in [0.25, 0.3) is 5.91 Å². The molecule has 1 amide bonds. The van der Waals surface area contributed by atoms with E-state index in [1.54, 1.807) is 4.68 Å². The molecule has 0 radical (unpaired) electrons. The molecule has 28 heavy (non-hydrogen) atoms. The van der Waals surface area contributed by atoms with Crippen molar-refractivity contribution in [3.05, 3.63) is 84.1 Å². The molecular weight excluding hydrogens is 350 g/mol. The Morgan fingerprint density at radius 3 is 2.71 bits per heavy atom. The quantitative estimate of drug-likeness (QED) is 0.565. The molecule has 0 unspecified atom stereocenters. The summed E-state index contributed by atoms with van der Waals surface area (Å²) in [4.78, 5) is 17.4. The van der Waals surface area contributed by atoms with Gasteiger partial charge in [0.15, 0.2) is 0 Å². The lowest BCUT2D eigenvalue weighted by molar-refractivity contribution is 0.0946. The number of fused-ring (bicyclic) bond motifs is 1. The van der Waals surface area contributed by atoms with Gasteiger partial charge in [0.1, 0.15) is 11.3 Å². The van der Waals surface area contributed by atoms with Crippen LogP contribution in [0.3, 0.4) is 0 Å². The highest BCUT2D eigenvalue weighted by Gasteiger charge is 2.29. The lowest BCUT2D eigenvalue weighted by Crippen LogP contribution is -2.27. The van der Waals surface area contributed by atoms with E-state index in [9.17, 15) is 4.79 Å². The molecule has 4 aromatic rings. The number of nitrogens with zero attached hydrogens (tertiary/aromatic N) is 4. The van der Waals surface area contributed by atoms with E-state index in [0.717, 1.165) is 35.6 Å². The zero-order valence-corrected chi connectivity index (χ0v) is 15.5. The number of imidazole rings is 1. The third-order valence-electron chi connectivity index (χ3n) is 5.04. The fourth-order valence-electron chi connectivity index (χ4n) is 3.41. The van der Waals surface area contributed by atoms with Gasteiger partial charge in [-0.2, -0.15) is 5.10 Å². The molecule has 0 saturated heterocycles. The number of amides is 1. The van der Waals surface area contributed by atoms with Crippen molar-refractivity contribution in [2.45, 2.75) is 25.2 Å². The summed E-state index contributed by atoms with van der Waals surface area (Å²) < 4.78 is 3.75. The van der Waals surface area contributed by atoms with Gasteiger partial charge in [-0.25, -0.2) is 9.67 Å². The molecule has 3 aromatic heterocycles. The Hall–Kier alpha value is -3.41. The molecule has 6 heteroatoms. The summed E-state index contributed by atoms with van der Waals surface area (Å²) in [6, 6.07) is 17.7. The van der Waals surface area contributed by atoms with E-state index in [0.29, 0.717) is 24.6 Å². The fraction of sp³-hybridized carbons (Fsp3) is 0.227. The van der Waals surface area contributed by atoms with Gasteiger partial charge in [0, 0.05) is 31.3 Å². The number of rotatable bonds is 6. The van der Waals surface area contributed by atoms with Crippen LogP contribution in [0.4, 0.5) is 0 Å². The largest absolute Gasteiger partial charge is 0.350 e. The van der Waals surface area contributed by atoms with Gasteiger partial charge < -0.3 is 9.72 Å². The zero-order chi connectivity index (χ0) is 18.9. The predicted molar refractivity (Wildman–Crippen MR) is 107 cm³/mol. The van der Waals surface area contributed by atoms with Crippen molar-refractivity contribution >= 4 is 11.6 Å². The van der Waals surface area contributed by atoms with Crippen molar-refractivity contribution in [3.8, 4) is 5.69 Å². The highest BCUT2D eigenvalue weighted by atomic mass is 16.2. The fourth-order valence-corrected chi connectivity index (χ4v) is 3.41. The molecule has 0 bridgehead atoms. The van der Waals surface area contributed by atoms with Crippen LogP contribution in [-0.4, -0.2) is 31.6 Å². The molecule has 0 atom stereocenters. The zero-order valence-electron chi connectivity index (χ0n) is 15.5. The number of hydrogen-bond donors (Lipinski definition) is 1. The van der Waals surface area contributed by atoms with Crippen molar-refractivity contribution in [2.24, 2.45) is 0 Å². The van der Waals surface area contributed by atoms with Crippen LogP contribution in [-0.2, 0) is 6.42 Å². The maximum absolute atomic E-state index is 12.9. The minimum Gasteiger partial charge on any atom is -0.350 e. The summed E-state index contributed by atoms with van der Waals surface area (Å²) in [7, 11) is 0. The average Bonchev–Trinajstić information content (AvgIpc) is 3.34. The molecule has 1 aromatic carbocycles. The number of benzene rings is 1.